The van der Waals surface area contributed by atoms with Crippen LogP contribution < -0.4 is 14.8 Å². The van der Waals surface area contributed by atoms with E-state index in [9.17, 15) is 14.7 Å². The minimum Gasteiger partial charge on any atom is -0.497 e. The predicted octanol–water partition coefficient (Wildman–Crippen LogP) is 2.78. The maximum absolute atomic E-state index is 13.4. The van der Waals surface area contributed by atoms with Gasteiger partial charge in [-0.3, -0.25) is 0 Å². The number of aromatic amines is 1. The van der Waals surface area contributed by atoms with E-state index in [0.717, 1.165) is 11.3 Å². The number of imidazole rings is 1. The third-order valence-electron chi connectivity index (χ3n) is 5.80. The number of aromatic nitrogens is 2. The lowest BCUT2D eigenvalue weighted by Crippen LogP contribution is -2.51. The molecule has 2 amide bonds. The number of nitrogens with zero attached hydrogens (tertiary/aromatic N) is 2. The molecule has 0 aliphatic carbocycles. The van der Waals surface area contributed by atoms with E-state index < -0.39 is 24.1 Å². The molecule has 2 heterocycles. The lowest BCUT2D eigenvalue weighted by atomic mass is 9.94. The number of hydrogen-bond donors (Lipinski definition) is 3. The standard InChI is InChI=1S/C24H26N4O5/c1-32-16-8-9-20(33-2)17(13-16)22-21-18(25-14-26-21)10-11-28(22)24(31)27-19(23(29)30)12-15-6-4-3-5-7-15/h3-9,13-14,19,22H,10-12H2,1-2H3,(H,25,26)(H,27,31)(H,29,30). The molecular weight excluding hydrogens is 424 g/mol. The zero-order valence-corrected chi connectivity index (χ0v) is 18.4. The molecule has 1 aromatic heterocycles. The van der Waals surface area contributed by atoms with Gasteiger partial charge in [-0.15, -0.1) is 0 Å². The lowest BCUT2D eigenvalue weighted by molar-refractivity contribution is -0.139. The number of urea groups is 1. The van der Waals surface area contributed by atoms with Crippen LogP contribution in [0, 0.1) is 0 Å². The molecule has 172 valence electrons. The number of aliphatic carboxylic acids is 1. The zero-order valence-electron chi connectivity index (χ0n) is 18.4. The highest BCUT2D eigenvalue weighted by Crippen LogP contribution is 2.39. The quantitative estimate of drug-likeness (QED) is 0.510. The Balaban J connectivity index is 1.67. The van der Waals surface area contributed by atoms with Gasteiger partial charge >= 0.3 is 12.0 Å². The maximum atomic E-state index is 13.4. The highest BCUT2D eigenvalue weighted by molar-refractivity contribution is 5.83. The SMILES string of the molecule is COc1ccc(OC)c(C2c3nc[nH]c3CCN2C(=O)NC(Cc2ccccc2)C(=O)O)c1. The Hall–Kier alpha value is -4.01. The number of rotatable bonds is 7. The van der Waals surface area contributed by atoms with Crippen LogP contribution in [0.25, 0.3) is 0 Å². The van der Waals surface area contributed by atoms with Gasteiger partial charge in [0, 0.05) is 30.6 Å². The molecule has 2 atom stereocenters. The van der Waals surface area contributed by atoms with Crippen molar-refractivity contribution in [3.05, 3.63) is 77.4 Å². The van der Waals surface area contributed by atoms with Gasteiger partial charge in [0.1, 0.15) is 23.6 Å². The molecule has 2 aromatic carbocycles. The molecule has 3 N–H and O–H groups in total. The van der Waals surface area contributed by atoms with Crippen molar-refractivity contribution in [3.8, 4) is 11.5 Å². The number of carboxylic acid groups (broad SMARTS) is 1. The molecule has 33 heavy (non-hydrogen) atoms. The first-order valence-electron chi connectivity index (χ1n) is 10.6. The Kier molecular flexibility index (Phi) is 6.48. The van der Waals surface area contributed by atoms with Crippen molar-refractivity contribution in [3.63, 3.8) is 0 Å². The zero-order chi connectivity index (χ0) is 23.4. The Morgan fingerprint density at radius 1 is 1.21 bits per heavy atom. The summed E-state index contributed by atoms with van der Waals surface area (Å²) in [6.07, 6.45) is 2.35. The topological polar surface area (TPSA) is 117 Å². The normalized spacial score (nSPS) is 15.9. The van der Waals surface area contributed by atoms with Gasteiger partial charge < -0.3 is 29.8 Å². The number of fused-ring (bicyclic) bond motifs is 1. The van der Waals surface area contributed by atoms with E-state index in [0.29, 0.717) is 35.7 Å². The smallest absolute Gasteiger partial charge is 0.326 e. The Bertz CT molecular complexity index is 1130. The fraction of sp³-hybridized carbons (Fsp3) is 0.292. The van der Waals surface area contributed by atoms with Gasteiger partial charge in [-0.25, -0.2) is 14.6 Å². The van der Waals surface area contributed by atoms with E-state index in [2.05, 4.69) is 15.3 Å². The molecule has 2 unspecified atom stereocenters. The van der Waals surface area contributed by atoms with Gasteiger partial charge in [-0.2, -0.15) is 0 Å². The van der Waals surface area contributed by atoms with Gasteiger partial charge in [-0.05, 0) is 23.8 Å². The molecule has 9 nitrogen and oxygen atoms in total. The Labute approximate surface area is 191 Å². The summed E-state index contributed by atoms with van der Waals surface area (Å²) in [4.78, 5) is 34.5. The van der Waals surface area contributed by atoms with E-state index in [1.807, 2.05) is 36.4 Å². The molecule has 0 saturated heterocycles. The first kappa shape index (κ1) is 22.2. The minimum absolute atomic E-state index is 0.177. The van der Waals surface area contributed by atoms with Crippen LogP contribution in [0.2, 0.25) is 0 Å². The summed E-state index contributed by atoms with van der Waals surface area (Å²) >= 11 is 0. The van der Waals surface area contributed by atoms with E-state index in [1.165, 1.54) is 0 Å². The van der Waals surface area contributed by atoms with E-state index in [1.54, 1.807) is 37.6 Å². The second-order valence-electron chi connectivity index (χ2n) is 7.75. The lowest BCUT2D eigenvalue weighted by Gasteiger charge is -2.36. The maximum Gasteiger partial charge on any atom is 0.326 e. The number of nitrogens with one attached hydrogen (secondary N) is 2. The molecule has 0 radical (unpaired) electrons. The average Bonchev–Trinajstić information content (AvgIpc) is 3.32. The van der Waals surface area contributed by atoms with Gasteiger partial charge in [0.15, 0.2) is 0 Å². The number of carboxylic acids is 1. The summed E-state index contributed by atoms with van der Waals surface area (Å²) in [5.74, 6) is 0.0926. The van der Waals surface area contributed by atoms with Crippen LogP contribution in [0.1, 0.15) is 28.6 Å². The first-order chi connectivity index (χ1) is 16.0. The fourth-order valence-electron chi connectivity index (χ4n) is 4.15. The third kappa shape index (κ3) is 4.62. The van der Waals surface area contributed by atoms with Crippen molar-refractivity contribution in [2.45, 2.75) is 24.9 Å². The van der Waals surface area contributed by atoms with Gasteiger partial charge in [-0.1, -0.05) is 30.3 Å². The van der Waals surface area contributed by atoms with Crippen LogP contribution in [-0.2, 0) is 17.6 Å². The first-order valence-corrected chi connectivity index (χ1v) is 10.6. The summed E-state index contributed by atoms with van der Waals surface area (Å²) in [6, 6.07) is 12.4. The van der Waals surface area contributed by atoms with Crippen LogP contribution in [-0.4, -0.2) is 58.8 Å². The molecule has 3 aromatic rings. The molecule has 0 spiro atoms. The molecule has 0 saturated carbocycles. The minimum atomic E-state index is -1.10. The molecule has 0 fully saturated rings. The molecule has 1 aliphatic heterocycles. The van der Waals surface area contributed by atoms with Gasteiger partial charge in [0.2, 0.25) is 0 Å². The van der Waals surface area contributed by atoms with Crippen molar-refractivity contribution in [2.75, 3.05) is 20.8 Å². The van der Waals surface area contributed by atoms with Gasteiger partial charge in [0.25, 0.3) is 0 Å². The van der Waals surface area contributed by atoms with Crippen LogP contribution in [0.5, 0.6) is 11.5 Å². The highest BCUT2D eigenvalue weighted by atomic mass is 16.5. The van der Waals surface area contributed by atoms with Crippen molar-refractivity contribution in [1.29, 1.82) is 0 Å². The molecule has 9 heteroatoms. The fourth-order valence-corrected chi connectivity index (χ4v) is 4.15. The van der Waals surface area contributed by atoms with Crippen molar-refractivity contribution in [1.82, 2.24) is 20.2 Å². The predicted molar refractivity (Wildman–Crippen MR) is 120 cm³/mol. The third-order valence-corrected chi connectivity index (χ3v) is 5.80. The van der Waals surface area contributed by atoms with E-state index in [-0.39, 0.29) is 6.42 Å². The Morgan fingerprint density at radius 2 is 2.00 bits per heavy atom. The summed E-state index contributed by atoms with van der Waals surface area (Å²) in [5.41, 5.74) is 3.14. The summed E-state index contributed by atoms with van der Waals surface area (Å²) in [7, 11) is 3.13. The summed E-state index contributed by atoms with van der Waals surface area (Å²) in [5, 5.41) is 12.5. The van der Waals surface area contributed by atoms with Crippen LogP contribution in [0.3, 0.4) is 0 Å². The van der Waals surface area contributed by atoms with Crippen LogP contribution in [0.4, 0.5) is 4.79 Å². The average molecular weight is 450 g/mol. The van der Waals surface area contributed by atoms with Crippen LogP contribution >= 0.6 is 0 Å². The second-order valence-corrected chi connectivity index (χ2v) is 7.75. The molecule has 0 bridgehead atoms. The number of H-pyrrole nitrogens is 1. The van der Waals surface area contributed by atoms with Crippen molar-refractivity contribution < 1.29 is 24.2 Å². The molecule has 1 aliphatic rings. The largest absolute Gasteiger partial charge is 0.497 e. The number of amides is 2. The monoisotopic (exact) mass is 450 g/mol. The number of hydrogen-bond acceptors (Lipinski definition) is 5. The van der Waals surface area contributed by atoms with Gasteiger partial charge in [0.05, 0.1) is 26.2 Å². The van der Waals surface area contributed by atoms with E-state index >= 15 is 0 Å². The van der Waals surface area contributed by atoms with Crippen molar-refractivity contribution in [2.24, 2.45) is 0 Å². The Morgan fingerprint density at radius 3 is 2.70 bits per heavy atom. The molecular formula is C24H26N4O5. The van der Waals surface area contributed by atoms with Crippen LogP contribution in [0.15, 0.2) is 54.9 Å². The summed E-state index contributed by atoms with van der Waals surface area (Å²) in [6.45, 7) is 0.379. The number of carbonyl (C=O) groups excluding carboxylic acids is 1. The number of benzene rings is 2. The summed E-state index contributed by atoms with van der Waals surface area (Å²) < 4.78 is 11.0. The highest BCUT2D eigenvalue weighted by Gasteiger charge is 2.37. The number of ether oxygens (including phenoxy) is 2. The van der Waals surface area contributed by atoms with Crippen molar-refractivity contribution >= 4 is 12.0 Å². The molecule has 4 rings (SSSR count). The van der Waals surface area contributed by atoms with E-state index in [4.69, 9.17) is 9.47 Å². The number of methoxy groups -OCH3 is 2. The second kappa shape index (κ2) is 9.64. The number of carbonyl (C=O) groups is 2.